The number of rotatable bonds is 6. The van der Waals surface area contributed by atoms with Crippen molar-refractivity contribution in [1.82, 2.24) is 24.6 Å². The molecule has 2 N–H and O–H groups in total. The monoisotopic (exact) mass is 517 g/mol. The Bertz CT molecular complexity index is 1480. The SMILES string of the molecule is CO[C@H]1CN(c2c(F)c(Cl)c(-c3cn4cc(NC(=O)[C@@H]5C[C@@H]5F)nc4cn3)c3cn[nH]c23)C[C@@H]1OC. The predicted molar refractivity (Wildman–Crippen MR) is 128 cm³/mol. The second-order valence-electron chi connectivity index (χ2n) is 8.98. The maximum Gasteiger partial charge on any atom is 0.231 e. The van der Waals surface area contributed by atoms with Gasteiger partial charge < -0.3 is 24.1 Å². The number of amides is 1. The molecule has 4 heterocycles. The van der Waals surface area contributed by atoms with Gasteiger partial charge >= 0.3 is 0 Å². The summed E-state index contributed by atoms with van der Waals surface area (Å²) in [5.74, 6) is -1.38. The van der Waals surface area contributed by atoms with E-state index >= 15 is 4.39 Å². The molecule has 0 bridgehead atoms. The summed E-state index contributed by atoms with van der Waals surface area (Å²) in [6.07, 6.45) is 4.96. The number of nitrogens with zero attached hydrogens (tertiary/aromatic N) is 5. The number of alkyl halides is 1. The zero-order valence-electron chi connectivity index (χ0n) is 19.3. The second kappa shape index (κ2) is 8.64. The first-order chi connectivity index (χ1) is 17.4. The number of aromatic nitrogens is 5. The molecule has 2 aliphatic rings. The highest BCUT2D eigenvalue weighted by Gasteiger charge is 2.44. The van der Waals surface area contributed by atoms with Crippen LogP contribution in [0.4, 0.5) is 20.3 Å². The number of aromatic amines is 1. The third-order valence-corrected chi connectivity index (χ3v) is 7.16. The standard InChI is InChI=1S/C23H22ClF2N7O3/c1-35-14-7-33(8-15(14)36-2)22-20(26)19(24)18(11-4-28-31-21(11)22)13-6-32-9-16(29-17(32)5-27-13)30-23(34)10-3-12(10)25/h4-6,9-10,12,14-15H,3,7-8H2,1-2H3,(H,28,31)(H,30,34)/t10-,12+,14+,15+/m1/s1. The summed E-state index contributed by atoms with van der Waals surface area (Å²) in [5, 5.41) is 10.1. The van der Waals surface area contributed by atoms with Crippen LogP contribution in [0.15, 0.2) is 24.8 Å². The number of benzene rings is 1. The predicted octanol–water partition coefficient (Wildman–Crippen LogP) is 3.21. The van der Waals surface area contributed by atoms with Gasteiger partial charge in [0.2, 0.25) is 5.91 Å². The molecule has 2 fully saturated rings. The molecular formula is C23H22ClF2N7O3. The Morgan fingerprint density at radius 1 is 1.22 bits per heavy atom. The summed E-state index contributed by atoms with van der Waals surface area (Å²) in [6, 6.07) is 0. The van der Waals surface area contributed by atoms with Gasteiger partial charge in [-0.25, -0.2) is 13.8 Å². The van der Waals surface area contributed by atoms with Crippen LogP contribution in [-0.4, -0.2) is 76.2 Å². The summed E-state index contributed by atoms with van der Waals surface area (Å²) in [6.45, 7) is 0.848. The van der Waals surface area contributed by atoms with Crippen LogP contribution in [-0.2, 0) is 14.3 Å². The number of methoxy groups -OCH3 is 2. The Morgan fingerprint density at radius 2 is 1.94 bits per heavy atom. The highest BCUT2D eigenvalue weighted by molar-refractivity contribution is 6.36. The van der Waals surface area contributed by atoms with Crippen molar-refractivity contribution in [3.63, 3.8) is 0 Å². The van der Waals surface area contributed by atoms with E-state index in [1.807, 2.05) is 4.90 Å². The number of fused-ring (bicyclic) bond motifs is 2. The van der Waals surface area contributed by atoms with Crippen LogP contribution in [0.25, 0.3) is 27.8 Å². The van der Waals surface area contributed by atoms with Crippen molar-refractivity contribution in [2.75, 3.05) is 37.5 Å². The average Bonchev–Trinajstić information content (AvgIpc) is 3.24. The lowest BCUT2D eigenvalue weighted by atomic mass is 10.0. The second-order valence-corrected chi connectivity index (χ2v) is 9.35. The number of carbonyl (C=O) groups is 1. The molecule has 1 aliphatic carbocycles. The molecule has 4 aromatic rings. The van der Waals surface area contributed by atoms with Gasteiger partial charge in [0.1, 0.15) is 24.1 Å². The number of H-pyrrole nitrogens is 1. The van der Waals surface area contributed by atoms with E-state index in [0.717, 1.165) is 0 Å². The zero-order valence-corrected chi connectivity index (χ0v) is 20.1. The number of anilines is 2. The van der Waals surface area contributed by atoms with E-state index < -0.39 is 23.8 Å². The molecule has 1 amide bonds. The minimum atomic E-state index is -1.10. The maximum atomic E-state index is 15.8. The van der Waals surface area contributed by atoms with Crippen LogP contribution >= 0.6 is 11.6 Å². The lowest BCUT2D eigenvalue weighted by Gasteiger charge is -2.21. The smallest absolute Gasteiger partial charge is 0.231 e. The lowest BCUT2D eigenvalue weighted by molar-refractivity contribution is -0.117. The fourth-order valence-corrected chi connectivity index (χ4v) is 5.06. The highest BCUT2D eigenvalue weighted by atomic mass is 35.5. The van der Waals surface area contributed by atoms with Crippen LogP contribution in [0.3, 0.4) is 0 Å². The van der Waals surface area contributed by atoms with Crippen LogP contribution < -0.4 is 10.2 Å². The fraction of sp³-hybridized carbons (Fsp3) is 0.391. The van der Waals surface area contributed by atoms with Crippen LogP contribution in [0.2, 0.25) is 5.02 Å². The molecule has 13 heteroatoms. The molecule has 1 aliphatic heterocycles. The lowest BCUT2D eigenvalue weighted by Crippen LogP contribution is -2.27. The van der Waals surface area contributed by atoms with E-state index in [0.29, 0.717) is 40.9 Å². The van der Waals surface area contributed by atoms with Crippen LogP contribution in [0.5, 0.6) is 0 Å². The maximum absolute atomic E-state index is 15.8. The Labute approximate surface area is 208 Å². The van der Waals surface area contributed by atoms with E-state index in [1.165, 1.54) is 6.20 Å². The van der Waals surface area contributed by atoms with Crippen molar-refractivity contribution in [2.24, 2.45) is 5.92 Å². The summed E-state index contributed by atoms with van der Waals surface area (Å²) < 4.78 is 41.6. The molecule has 1 saturated carbocycles. The normalized spacial score (nSPS) is 23.6. The third kappa shape index (κ3) is 3.67. The van der Waals surface area contributed by atoms with Crippen molar-refractivity contribution in [1.29, 1.82) is 0 Å². The Kier molecular flexibility index (Phi) is 5.54. The summed E-state index contributed by atoms with van der Waals surface area (Å²) in [5.41, 5.74) is 1.97. The highest BCUT2D eigenvalue weighted by Crippen LogP contribution is 2.43. The van der Waals surface area contributed by atoms with E-state index in [9.17, 15) is 9.18 Å². The summed E-state index contributed by atoms with van der Waals surface area (Å²) in [7, 11) is 3.19. The molecule has 4 atom stereocenters. The molecule has 1 aromatic carbocycles. The summed E-state index contributed by atoms with van der Waals surface area (Å²) in [4.78, 5) is 22.6. The number of imidazole rings is 1. The van der Waals surface area contributed by atoms with Crippen molar-refractivity contribution < 1.29 is 23.0 Å². The number of hydrogen-bond acceptors (Lipinski definition) is 7. The van der Waals surface area contributed by atoms with Crippen molar-refractivity contribution in [3.05, 3.63) is 35.6 Å². The third-order valence-electron chi connectivity index (χ3n) is 6.80. The molecule has 36 heavy (non-hydrogen) atoms. The van der Waals surface area contributed by atoms with Gasteiger partial charge in [0.05, 0.1) is 40.7 Å². The van der Waals surface area contributed by atoms with Crippen molar-refractivity contribution in [3.8, 4) is 11.3 Å². The number of nitrogens with one attached hydrogen (secondary N) is 2. The zero-order chi connectivity index (χ0) is 25.1. The quantitative estimate of drug-likeness (QED) is 0.404. The van der Waals surface area contributed by atoms with Crippen LogP contribution in [0, 0.1) is 11.7 Å². The van der Waals surface area contributed by atoms with E-state index in [1.54, 1.807) is 37.2 Å². The van der Waals surface area contributed by atoms with Crippen molar-refractivity contribution in [2.45, 2.75) is 24.8 Å². The topological polar surface area (TPSA) is 110 Å². The molecule has 0 unspecified atom stereocenters. The van der Waals surface area contributed by atoms with Gasteiger partial charge in [-0.3, -0.25) is 14.9 Å². The minimum Gasteiger partial charge on any atom is -0.377 e. The average molecular weight is 518 g/mol. The number of hydrogen-bond donors (Lipinski definition) is 2. The van der Waals surface area contributed by atoms with Crippen molar-refractivity contribution >= 4 is 45.6 Å². The number of halogens is 3. The van der Waals surface area contributed by atoms with Gasteiger partial charge in [0.25, 0.3) is 0 Å². The van der Waals surface area contributed by atoms with Gasteiger partial charge in [-0.05, 0) is 6.42 Å². The van der Waals surface area contributed by atoms with E-state index in [4.69, 9.17) is 21.1 Å². The van der Waals surface area contributed by atoms with Gasteiger partial charge in [0, 0.05) is 44.5 Å². The molecule has 10 nitrogen and oxygen atoms in total. The van der Waals surface area contributed by atoms with Gasteiger partial charge in [-0.15, -0.1) is 0 Å². The number of ether oxygens (including phenoxy) is 2. The minimum absolute atomic E-state index is 0.100. The van der Waals surface area contributed by atoms with E-state index in [2.05, 4.69) is 25.5 Å². The molecule has 0 spiro atoms. The van der Waals surface area contributed by atoms with Gasteiger partial charge in [-0.1, -0.05) is 11.6 Å². The molecule has 1 saturated heterocycles. The molecule has 6 rings (SSSR count). The van der Waals surface area contributed by atoms with Gasteiger partial charge in [-0.2, -0.15) is 5.10 Å². The fourth-order valence-electron chi connectivity index (χ4n) is 4.77. The first kappa shape index (κ1) is 23.1. The Balaban J connectivity index is 1.39. The Morgan fingerprint density at radius 3 is 2.61 bits per heavy atom. The van der Waals surface area contributed by atoms with Gasteiger partial charge in [0.15, 0.2) is 17.3 Å². The molecular weight excluding hydrogens is 496 g/mol. The molecule has 0 radical (unpaired) electrons. The first-order valence-electron chi connectivity index (χ1n) is 11.3. The molecule has 188 valence electrons. The molecule has 3 aromatic heterocycles. The van der Waals surface area contributed by atoms with Crippen LogP contribution in [0.1, 0.15) is 6.42 Å². The Hall–Kier alpha value is -3.35. The largest absolute Gasteiger partial charge is 0.377 e. The first-order valence-corrected chi connectivity index (χ1v) is 11.7. The van der Waals surface area contributed by atoms with E-state index in [-0.39, 0.29) is 35.2 Å². The summed E-state index contributed by atoms with van der Waals surface area (Å²) >= 11 is 6.61. The number of carbonyl (C=O) groups excluding carboxylic acids is 1.